The number of nitrogens with two attached hydrogens (primary N) is 2. The van der Waals surface area contributed by atoms with Crippen LogP contribution in [0.5, 0.6) is 0 Å². The first kappa shape index (κ1) is 10.7. The third kappa shape index (κ3) is 1.80. The summed E-state index contributed by atoms with van der Waals surface area (Å²) in [6.07, 6.45) is 4.43. The molecule has 0 aromatic carbocycles. The minimum Gasteiger partial charge on any atom is -0.478 e. The molecule has 0 amide bonds. The van der Waals surface area contributed by atoms with Crippen LogP contribution in [0.25, 0.3) is 0 Å². The lowest BCUT2D eigenvalue weighted by molar-refractivity contribution is 0.0698. The fraction of sp³-hybridized carbons (Fsp3) is 0.455. The molecule has 1 aromatic heterocycles. The van der Waals surface area contributed by atoms with Gasteiger partial charge in [0, 0.05) is 11.6 Å². The number of hydrogen-bond donors (Lipinski definition) is 3. The summed E-state index contributed by atoms with van der Waals surface area (Å²) in [6.45, 7) is 0. The van der Waals surface area contributed by atoms with Crippen LogP contribution < -0.4 is 11.5 Å². The maximum absolute atomic E-state index is 11.0. The predicted molar refractivity (Wildman–Crippen MR) is 61.2 cm³/mol. The van der Waals surface area contributed by atoms with Gasteiger partial charge in [0.1, 0.15) is 5.82 Å². The normalized spacial score (nSPS) is 16.5. The molecule has 2 rings (SSSR count). The molecule has 86 valence electrons. The Hall–Kier alpha value is -1.78. The van der Waals surface area contributed by atoms with Gasteiger partial charge in [-0.25, -0.2) is 9.78 Å². The summed E-state index contributed by atoms with van der Waals surface area (Å²) in [4.78, 5) is 15.2. The van der Waals surface area contributed by atoms with E-state index in [0.717, 1.165) is 18.5 Å². The molecule has 0 saturated heterocycles. The molecule has 1 aliphatic carbocycles. The maximum Gasteiger partial charge on any atom is 0.338 e. The van der Waals surface area contributed by atoms with Crippen LogP contribution in [0.4, 0.5) is 11.5 Å². The van der Waals surface area contributed by atoms with E-state index < -0.39 is 5.97 Å². The lowest BCUT2D eigenvalue weighted by Crippen LogP contribution is -2.10. The van der Waals surface area contributed by atoms with Gasteiger partial charge in [-0.05, 0) is 18.9 Å². The van der Waals surface area contributed by atoms with Gasteiger partial charge >= 0.3 is 5.97 Å². The molecular weight excluding hydrogens is 206 g/mol. The molecule has 5 N–H and O–H groups in total. The molecule has 1 saturated carbocycles. The zero-order chi connectivity index (χ0) is 11.7. The Labute approximate surface area is 93.5 Å². The second-order valence-corrected chi connectivity index (χ2v) is 4.18. The monoisotopic (exact) mass is 221 g/mol. The summed E-state index contributed by atoms with van der Waals surface area (Å²) in [5, 5.41) is 8.99. The Balaban J connectivity index is 2.43. The van der Waals surface area contributed by atoms with Crippen molar-refractivity contribution in [3.05, 3.63) is 17.3 Å². The SMILES string of the molecule is Nc1nc(C2CCCC2)cc(C(=O)O)c1N. The van der Waals surface area contributed by atoms with Gasteiger partial charge in [0.2, 0.25) is 0 Å². The molecule has 1 heterocycles. The number of pyridine rings is 1. The standard InChI is InChI=1S/C11H15N3O2/c12-9-7(11(15)16)5-8(14-10(9)13)6-3-1-2-4-6/h5-6H,1-4,12H2,(H2,13,14)(H,15,16). The lowest BCUT2D eigenvalue weighted by atomic mass is 10.0. The first-order valence-corrected chi connectivity index (χ1v) is 5.38. The Bertz CT molecular complexity index is 425. The average Bonchev–Trinajstić information content (AvgIpc) is 2.74. The fourth-order valence-electron chi connectivity index (χ4n) is 2.20. The number of carbonyl (C=O) groups is 1. The Morgan fingerprint density at radius 1 is 1.38 bits per heavy atom. The summed E-state index contributed by atoms with van der Waals surface area (Å²) in [7, 11) is 0. The first-order chi connectivity index (χ1) is 7.59. The molecule has 0 bridgehead atoms. The van der Waals surface area contributed by atoms with E-state index in [1.165, 1.54) is 12.8 Å². The van der Waals surface area contributed by atoms with E-state index in [0.29, 0.717) is 5.92 Å². The van der Waals surface area contributed by atoms with Crippen LogP contribution in [0.2, 0.25) is 0 Å². The molecule has 5 nitrogen and oxygen atoms in total. The molecule has 1 aliphatic rings. The number of nitrogen functional groups attached to an aromatic ring is 2. The minimum absolute atomic E-state index is 0.0641. The zero-order valence-electron chi connectivity index (χ0n) is 8.94. The molecule has 5 heteroatoms. The third-order valence-electron chi connectivity index (χ3n) is 3.11. The highest BCUT2D eigenvalue weighted by atomic mass is 16.4. The van der Waals surface area contributed by atoms with E-state index in [1.807, 2.05) is 0 Å². The number of carboxylic acid groups (broad SMARTS) is 1. The van der Waals surface area contributed by atoms with Gasteiger partial charge < -0.3 is 16.6 Å². The van der Waals surface area contributed by atoms with E-state index in [1.54, 1.807) is 6.07 Å². The van der Waals surface area contributed by atoms with Crippen molar-refractivity contribution >= 4 is 17.5 Å². The van der Waals surface area contributed by atoms with E-state index in [-0.39, 0.29) is 17.1 Å². The van der Waals surface area contributed by atoms with Crippen LogP contribution in [-0.4, -0.2) is 16.1 Å². The van der Waals surface area contributed by atoms with Gasteiger partial charge in [-0.1, -0.05) is 12.8 Å². The summed E-state index contributed by atoms with van der Waals surface area (Å²) >= 11 is 0. The fourth-order valence-corrected chi connectivity index (χ4v) is 2.20. The van der Waals surface area contributed by atoms with E-state index in [4.69, 9.17) is 16.6 Å². The smallest absolute Gasteiger partial charge is 0.338 e. The third-order valence-corrected chi connectivity index (χ3v) is 3.11. The molecule has 1 fully saturated rings. The molecule has 16 heavy (non-hydrogen) atoms. The van der Waals surface area contributed by atoms with Crippen molar-refractivity contribution in [1.82, 2.24) is 4.98 Å². The van der Waals surface area contributed by atoms with Crippen molar-refractivity contribution in [2.75, 3.05) is 11.5 Å². The molecule has 1 aromatic rings. The number of nitrogens with zero attached hydrogens (tertiary/aromatic N) is 1. The van der Waals surface area contributed by atoms with Crippen LogP contribution in [0.15, 0.2) is 6.07 Å². The number of anilines is 2. The van der Waals surface area contributed by atoms with Crippen molar-refractivity contribution in [2.24, 2.45) is 0 Å². The highest BCUT2D eigenvalue weighted by molar-refractivity contribution is 5.96. The number of carboxylic acids is 1. The number of rotatable bonds is 2. The van der Waals surface area contributed by atoms with Crippen molar-refractivity contribution < 1.29 is 9.90 Å². The number of aromatic nitrogens is 1. The van der Waals surface area contributed by atoms with Crippen LogP contribution in [0.1, 0.15) is 47.7 Å². The molecule has 0 unspecified atom stereocenters. The lowest BCUT2D eigenvalue weighted by Gasteiger charge is -2.12. The Kier molecular flexibility index (Phi) is 2.68. The molecule has 0 atom stereocenters. The van der Waals surface area contributed by atoms with Crippen molar-refractivity contribution in [3.8, 4) is 0 Å². The summed E-state index contributed by atoms with van der Waals surface area (Å²) in [6, 6.07) is 1.56. The zero-order valence-corrected chi connectivity index (χ0v) is 8.94. The van der Waals surface area contributed by atoms with Crippen molar-refractivity contribution in [3.63, 3.8) is 0 Å². The number of aromatic carboxylic acids is 1. The second kappa shape index (κ2) is 4.00. The van der Waals surface area contributed by atoms with E-state index in [2.05, 4.69) is 4.98 Å². The molecule has 0 spiro atoms. The average molecular weight is 221 g/mol. The minimum atomic E-state index is -1.05. The summed E-state index contributed by atoms with van der Waals surface area (Å²) in [5.74, 6) is -0.589. The van der Waals surface area contributed by atoms with Crippen molar-refractivity contribution in [1.29, 1.82) is 0 Å². The highest BCUT2D eigenvalue weighted by Gasteiger charge is 2.22. The Morgan fingerprint density at radius 3 is 2.56 bits per heavy atom. The molecule has 0 aliphatic heterocycles. The summed E-state index contributed by atoms with van der Waals surface area (Å²) in [5.41, 5.74) is 12.1. The van der Waals surface area contributed by atoms with E-state index >= 15 is 0 Å². The topological polar surface area (TPSA) is 102 Å². The molecular formula is C11H15N3O2. The van der Waals surface area contributed by atoms with Crippen molar-refractivity contribution in [2.45, 2.75) is 31.6 Å². The Morgan fingerprint density at radius 2 is 2.00 bits per heavy atom. The maximum atomic E-state index is 11.0. The number of hydrogen-bond acceptors (Lipinski definition) is 4. The first-order valence-electron chi connectivity index (χ1n) is 5.38. The van der Waals surface area contributed by atoms with Crippen LogP contribution in [0.3, 0.4) is 0 Å². The molecule has 0 radical (unpaired) electrons. The van der Waals surface area contributed by atoms with Gasteiger partial charge in [0.25, 0.3) is 0 Å². The largest absolute Gasteiger partial charge is 0.478 e. The van der Waals surface area contributed by atoms with Crippen LogP contribution in [0, 0.1) is 0 Å². The van der Waals surface area contributed by atoms with Gasteiger partial charge in [0.15, 0.2) is 0 Å². The quantitative estimate of drug-likeness (QED) is 0.704. The van der Waals surface area contributed by atoms with Gasteiger partial charge in [-0.3, -0.25) is 0 Å². The summed E-state index contributed by atoms with van der Waals surface area (Å²) < 4.78 is 0. The van der Waals surface area contributed by atoms with Gasteiger partial charge in [-0.15, -0.1) is 0 Å². The van der Waals surface area contributed by atoms with Gasteiger partial charge in [-0.2, -0.15) is 0 Å². The highest BCUT2D eigenvalue weighted by Crippen LogP contribution is 2.35. The predicted octanol–water partition coefficient (Wildman–Crippen LogP) is 1.60. The van der Waals surface area contributed by atoms with E-state index in [9.17, 15) is 4.79 Å². The van der Waals surface area contributed by atoms with Gasteiger partial charge in [0.05, 0.1) is 11.3 Å². The van der Waals surface area contributed by atoms with Crippen LogP contribution in [-0.2, 0) is 0 Å². The van der Waals surface area contributed by atoms with Crippen LogP contribution >= 0.6 is 0 Å². The second-order valence-electron chi connectivity index (χ2n) is 4.18.